The molecule has 0 spiro atoms. The molecule has 0 fully saturated rings. The van der Waals surface area contributed by atoms with Crippen molar-refractivity contribution >= 4 is 32.5 Å². The van der Waals surface area contributed by atoms with Gasteiger partial charge in [-0.05, 0) is 49.6 Å². The van der Waals surface area contributed by atoms with Crippen LogP contribution in [0, 0.1) is 0 Å². The van der Waals surface area contributed by atoms with E-state index in [1.807, 2.05) is 6.07 Å². The van der Waals surface area contributed by atoms with E-state index in [2.05, 4.69) is 47.4 Å². The van der Waals surface area contributed by atoms with E-state index < -0.39 is 0 Å². The second-order valence-electron chi connectivity index (χ2n) is 5.76. The molecule has 0 bridgehead atoms. The maximum atomic E-state index is 5.66. The fourth-order valence-electron chi connectivity index (χ4n) is 3.07. The molecule has 0 unspecified atom stereocenters. The number of fused-ring (bicyclic) bond motifs is 2. The molecule has 0 saturated heterocycles. The Morgan fingerprint density at radius 1 is 1.00 bits per heavy atom. The molecule has 116 valence electrons. The number of para-hydroxylation sites is 2. The molecule has 2 heterocycles. The summed E-state index contributed by atoms with van der Waals surface area (Å²) in [4.78, 5) is 8.41. The average Bonchev–Trinajstić information content (AvgIpc) is 3.16. The number of hydrogen-bond donors (Lipinski definition) is 2. The summed E-state index contributed by atoms with van der Waals surface area (Å²) in [5, 5.41) is 2.38. The van der Waals surface area contributed by atoms with Crippen LogP contribution in [0.4, 0.5) is 0 Å². The number of aryl methyl sites for hydroxylation is 1. The second-order valence-corrected chi connectivity index (χ2v) is 6.79. The summed E-state index contributed by atoms with van der Waals surface area (Å²) in [6.45, 7) is 0.749. The molecular formula is C19H19N3S. The Morgan fingerprint density at radius 2 is 1.83 bits per heavy atom. The first-order valence-corrected chi connectivity index (χ1v) is 8.84. The summed E-state index contributed by atoms with van der Waals surface area (Å²) >= 11 is 1.75. The highest BCUT2D eigenvalue weighted by molar-refractivity contribution is 7.21. The number of aromatic nitrogens is 2. The molecule has 0 atom stereocenters. The average molecular weight is 321 g/mol. The van der Waals surface area contributed by atoms with Crippen LogP contribution in [-0.4, -0.2) is 16.5 Å². The van der Waals surface area contributed by atoms with Gasteiger partial charge in [0.2, 0.25) is 0 Å². The van der Waals surface area contributed by atoms with Crippen LogP contribution >= 0.6 is 11.3 Å². The highest BCUT2D eigenvalue weighted by Gasteiger charge is 2.16. The molecule has 23 heavy (non-hydrogen) atoms. The highest BCUT2D eigenvalue weighted by atomic mass is 32.1. The number of unbranched alkanes of at least 4 members (excludes halogenated alkanes) is 1. The summed E-state index contributed by atoms with van der Waals surface area (Å²) in [6.07, 6.45) is 3.20. The summed E-state index contributed by atoms with van der Waals surface area (Å²) in [5.74, 6) is 0. The van der Waals surface area contributed by atoms with Crippen molar-refractivity contribution in [3.8, 4) is 10.7 Å². The van der Waals surface area contributed by atoms with Gasteiger partial charge in [-0.2, -0.15) is 0 Å². The van der Waals surface area contributed by atoms with Crippen molar-refractivity contribution in [1.82, 2.24) is 9.97 Å². The number of nitrogens with two attached hydrogens (primary N) is 1. The van der Waals surface area contributed by atoms with Crippen molar-refractivity contribution in [1.29, 1.82) is 0 Å². The molecule has 4 rings (SSSR count). The lowest BCUT2D eigenvalue weighted by atomic mass is 10.0. The lowest BCUT2D eigenvalue weighted by Gasteiger charge is -2.02. The first kappa shape index (κ1) is 14.4. The van der Waals surface area contributed by atoms with Gasteiger partial charge in [0.1, 0.15) is 5.01 Å². The van der Waals surface area contributed by atoms with E-state index >= 15 is 0 Å². The molecule has 3 nitrogen and oxygen atoms in total. The van der Waals surface area contributed by atoms with Crippen molar-refractivity contribution in [3.05, 3.63) is 54.1 Å². The van der Waals surface area contributed by atoms with Gasteiger partial charge >= 0.3 is 0 Å². The van der Waals surface area contributed by atoms with Crippen molar-refractivity contribution < 1.29 is 0 Å². The molecule has 0 radical (unpaired) electrons. The third-order valence-corrected chi connectivity index (χ3v) is 5.26. The minimum Gasteiger partial charge on any atom is -0.352 e. The van der Waals surface area contributed by atoms with Gasteiger partial charge < -0.3 is 10.7 Å². The van der Waals surface area contributed by atoms with Crippen LogP contribution in [0.25, 0.3) is 31.8 Å². The molecule has 2 aromatic heterocycles. The summed E-state index contributed by atoms with van der Waals surface area (Å²) in [7, 11) is 0. The fourth-order valence-corrected chi connectivity index (χ4v) is 4.06. The van der Waals surface area contributed by atoms with E-state index in [1.54, 1.807) is 11.3 Å². The van der Waals surface area contributed by atoms with Gasteiger partial charge in [0.25, 0.3) is 0 Å². The van der Waals surface area contributed by atoms with E-state index in [0.29, 0.717) is 0 Å². The number of H-pyrrole nitrogens is 1. The molecule has 0 aliphatic rings. The SMILES string of the molecule is NCCCCc1c(-c2nc3ccccc3s2)[nH]c2ccccc12. The predicted molar refractivity (Wildman–Crippen MR) is 98.9 cm³/mol. The molecule has 4 aromatic rings. The topological polar surface area (TPSA) is 54.7 Å². The summed E-state index contributed by atoms with van der Waals surface area (Å²) in [5.41, 5.74) is 10.5. The van der Waals surface area contributed by atoms with E-state index in [1.165, 1.54) is 26.9 Å². The van der Waals surface area contributed by atoms with Crippen LogP contribution in [0.15, 0.2) is 48.5 Å². The number of benzene rings is 2. The highest BCUT2D eigenvalue weighted by Crippen LogP contribution is 2.35. The molecule has 0 amide bonds. The molecule has 0 aliphatic carbocycles. The van der Waals surface area contributed by atoms with Crippen molar-refractivity contribution in [2.75, 3.05) is 6.54 Å². The van der Waals surface area contributed by atoms with E-state index in [4.69, 9.17) is 10.7 Å². The van der Waals surface area contributed by atoms with Gasteiger partial charge in [-0.25, -0.2) is 4.98 Å². The van der Waals surface area contributed by atoms with Gasteiger partial charge in [-0.15, -0.1) is 11.3 Å². The Bertz CT molecular complexity index is 918. The molecule has 4 heteroatoms. The van der Waals surface area contributed by atoms with E-state index in [9.17, 15) is 0 Å². The smallest absolute Gasteiger partial charge is 0.141 e. The van der Waals surface area contributed by atoms with Crippen molar-refractivity contribution in [2.45, 2.75) is 19.3 Å². The lowest BCUT2D eigenvalue weighted by molar-refractivity contribution is 0.748. The largest absolute Gasteiger partial charge is 0.352 e. The minimum absolute atomic E-state index is 0.749. The number of aromatic amines is 1. The third kappa shape index (κ3) is 2.64. The molecule has 0 saturated carbocycles. The van der Waals surface area contributed by atoms with Crippen molar-refractivity contribution in [3.63, 3.8) is 0 Å². The Morgan fingerprint density at radius 3 is 2.70 bits per heavy atom. The quantitative estimate of drug-likeness (QED) is 0.522. The zero-order valence-electron chi connectivity index (χ0n) is 12.9. The summed E-state index contributed by atoms with van der Waals surface area (Å²) in [6, 6.07) is 16.8. The number of rotatable bonds is 5. The number of nitrogens with zero attached hydrogens (tertiary/aromatic N) is 1. The maximum absolute atomic E-state index is 5.66. The second kappa shape index (κ2) is 6.14. The van der Waals surface area contributed by atoms with Crippen LogP contribution in [-0.2, 0) is 6.42 Å². The van der Waals surface area contributed by atoms with Gasteiger partial charge in [0.15, 0.2) is 0 Å². The minimum atomic E-state index is 0.749. The Hall–Kier alpha value is -2.17. The van der Waals surface area contributed by atoms with Gasteiger partial charge in [0.05, 0.1) is 15.9 Å². The standard InChI is InChI=1S/C19H19N3S/c20-12-6-5-8-14-13-7-1-2-9-15(13)21-18(14)19-22-16-10-3-4-11-17(16)23-19/h1-4,7,9-11,21H,5-6,8,12,20H2. The molecule has 2 aromatic carbocycles. The maximum Gasteiger partial charge on any atom is 0.141 e. The van der Waals surface area contributed by atoms with Gasteiger partial charge in [-0.3, -0.25) is 0 Å². The predicted octanol–water partition coefficient (Wildman–Crippen LogP) is 4.73. The molecule has 3 N–H and O–H groups in total. The van der Waals surface area contributed by atoms with Crippen LogP contribution in [0.2, 0.25) is 0 Å². The van der Waals surface area contributed by atoms with Crippen molar-refractivity contribution in [2.24, 2.45) is 5.73 Å². The third-order valence-electron chi connectivity index (χ3n) is 4.20. The normalized spacial score (nSPS) is 11.5. The first-order chi connectivity index (χ1) is 11.4. The Labute approximate surface area is 139 Å². The molecule has 0 aliphatic heterocycles. The van der Waals surface area contributed by atoms with Gasteiger partial charge in [-0.1, -0.05) is 30.3 Å². The summed E-state index contributed by atoms with van der Waals surface area (Å²) < 4.78 is 1.23. The first-order valence-electron chi connectivity index (χ1n) is 8.02. The lowest BCUT2D eigenvalue weighted by Crippen LogP contribution is -1.99. The zero-order valence-corrected chi connectivity index (χ0v) is 13.7. The number of hydrogen-bond acceptors (Lipinski definition) is 3. The van der Waals surface area contributed by atoms with Crippen LogP contribution < -0.4 is 5.73 Å². The van der Waals surface area contributed by atoms with Crippen LogP contribution in [0.1, 0.15) is 18.4 Å². The molecular weight excluding hydrogens is 302 g/mol. The zero-order chi connectivity index (χ0) is 15.6. The fraction of sp³-hybridized carbons (Fsp3) is 0.211. The number of thiazole rings is 1. The Kier molecular flexibility index (Phi) is 3.85. The van der Waals surface area contributed by atoms with Crippen LogP contribution in [0.5, 0.6) is 0 Å². The van der Waals surface area contributed by atoms with E-state index in [0.717, 1.165) is 36.3 Å². The van der Waals surface area contributed by atoms with Crippen LogP contribution in [0.3, 0.4) is 0 Å². The monoisotopic (exact) mass is 321 g/mol. The van der Waals surface area contributed by atoms with E-state index in [-0.39, 0.29) is 0 Å². The Balaban J connectivity index is 1.85. The number of nitrogens with one attached hydrogen (secondary N) is 1. The van der Waals surface area contributed by atoms with Gasteiger partial charge in [0, 0.05) is 10.9 Å².